The van der Waals surface area contributed by atoms with E-state index in [4.69, 9.17) is 9.47 Å². The van der Waals surface area contributed by atoms with Crippen LogP contribution in [-0.4, -0.2) is 114 Å². The van der Waals surface area contributed by atoms with Gasteiger partial charge in [-0.1, -0.05) is 27.7 Å². The zero-order valence-electron chi connectivity index (χ0n) is 43.1. The summed E-state index contributed by atoms with van der Waals surface area (Å²) in [5, 5.41) is 30.2. The summed E-state index contributed by atoms with van der Waals surface area (Å²) >= 11 is 0. The Kier molecular flexibility index (Phi) is 14.3. The molecule has 15 nitrogen and oxygen atoms in total. The third-order valence-corrected chi connectivity index (χ3v) is 16.2. The number of benzene rings is 3. The van der Waals surface area contributed by atoms with Crippen LogP contribution in [0.3, 0.4) is 0 Å². The second-order valence-electron chi connectivity index (χ2n) is 21.6. The fourth-order valence-electron chi connectivity index (χ4n) is 12.4. The number of ether oxygens (including phenoxy) is 2. The second kappa shape index (κ2) is 20.5. The van der Waals surface area contributed by atoms with E-state index in [1.165, 1.54) is 20.1 Å². The van der Waals surface area contributed by atoms with E-state index in [2.05, 4.69) is 54.4 Å². The van der Waals surface area contributed by atoms with E-state index in [9.17, 15) is 33.8 Å². The van der Waals surface area contributed by atoms with Gasteiger partial charge in [-0.3, -0.25) is 24.5 Å². The number of nitrogens with one attached hydrogen (secondary N) is 3. The first-order chi connectivity index (χ1) is 34.9. The molecule has 5 heterocycles. The van der Waals surface area contributed by atoms with Crippen molar-refractivity contribution < 1.29 is 32.6 Å². The van der Waals surface area contributed by atoms with Crippen molar-refractivity contribution in [2.24, 2.45) is 23.8 Å². The van der Waals surface area contributed by atoms with Gasteiger partial charge in [0.25, 0.3) is 12.3 Å². The number of anilines is 2. The van der Waals surface area contributed by atoms with E-state index in [0.717, 1.165) is 62.1 Å². The van der Waals surface area contributed by atoms with Crippen LogP contribution in [-0.2, 0) is 23.1 Å². The summed E-state index contributed by atoms with van der Waals surface area (Å²) in [6.45, 7) is 13.8. The zero-order valence-corrected chi connectivity index (χ0v) is 43.1. The molecule has 73 heavy (non-hydrogen) atoms. The van der Waals surface area contributed by atoms with Crippen molar-refractivity contribution in [3.63, 3.8) is 0 Å². The number of rotatable bonds is 12. The molecule has 3 amide bonds. The number of amidine groups is 1. The number of methoxy groups -OCH3 is 1. The van der Waals surface area contributed by atoms with Gasteiger partial charge < -0.3 is 39.7 Å². The summed E-state index contributed by atoms with van der Waals surface area (Å²) in [6.07, 6.45) is 5.34. The van der Waals surface area contributed by atoms with Crippen LogP contribution in [0.5, 0.6) is 11.5 Å². The monoisotopic (exact) mass is 999 g/mol. The van der Waals surface area contributed by atoms with Gasteiger partial charge in [-0.2, -0.15) is 10.4 Å². The van der Waals surface area contributed by atoms with Crippen LogP contribution in [0.1, 0.15) is 107 Å². The van der Waals surface area contributed by atoms with Gasteiger partial charge in [0.15, 0.2) is 0 Å². The smallest absolute Gasteiger partial charge is 0.264 e. The standard InChI is InChI=1S/C56H68F2N10O5/c1-34(69)67-26-20-46(45(33-67)50(60)68-21-8-9-37-27-43(39-31-61-64(6)32-39)44(49(57)58)29-47(37)68)62-40-18-24-66(25-19-40)52(71)36-16-22-65(23-17-36)41-13-10-35(11-14-41)51(70)63-53-55(2,3)54(56(53,4)5)73-42-15-12-38(30-59)48(28-42)72-7/h10-15,27-29,31-32,36,40,49,53-54,60,62H,8-9,16-26,33H2,1-7H3,(H,63,70). The lowest BCUT2D eigenvalue weighted by Gasteiger charge is -2.63. The van der Waals surface area contributed by atoms with Gasteiger partial charge >= 0.3 is 0 Å². The number of amides is 3. The average molecular weight is 999 g/mol. The number of hydrogen-bond donors (Lipinski definition) is 3. The first kappa shape index (κ1) is 51.0. The molecule has 0 bridgehead atoms. The molecule has 3 fully saturated rings. The average Bonchev–Trinajstić information content (AvgIpc) is 3.84. The van der Waals surface area contributed by atoms with Crippen molar-refractivity contribution in [2.45, 2.75) is 104 Å². The molecule has 386 valence electrons. The van der Waals surface area contributed by atoms with E-state index in [1.807, 2.05) is 40.1 Å². The van der Waals surface area contributed by atoms with Gasteiger partial charge in [0.1, 0.15) is 29.5 Å². The molecule has 2 saturated heterocycles. The number of likely N-dealkylation sites (tertiary alicyclic amines) is 1. The molecule has 0 spiro atoms. The summed E-state index contributed by atoms with van der Waals surface area (Å²) in [4.78, 5) is 48.1. The third kappa shape index (κ3) is 10.1. The molecule has 3 N–H and O–H groups in total. The summed E-state index contributed by atoms with van der Waals surface area (Å²) in [6, 6.07) is 18.3. The second-order valence-corrected chi connectivity index (χ2v) is 21.6. The van der Waals surface area contributed by atoms with Crippen molar-refractivity contribution in [2.75, 3.05) is 62.7 Å². The fraction of sp³-hybridized carbons (Fsp3) is 0.500. The number of hydrogen-bond acceptors (Lipinski definition) is 10. The normalized spacial score (nSPS) is 21.0. The van der Waals surface area contributed by atoms with Crippen LogP contribution in [0.15, 0.2) is 78.3 Å². The first-order valence-electron chi connectivity index (χ1n) is 25.6. The Bertz CT molecular complexity index is 2820. The molecular formula is C56H68F2N10O5. The number of nitrogens with zero attached hydrogens (tertiary/aromatic N) is 7. The Morgan fingerprint density at radius 2 is 1.62 bits per heavy atom. The lowest BCUT2D eigenvalue weighted by Crippen LogP contribution is -2.74. The van der Waals surface area contributed by atoms with Crippen LogP contribution >= 0.6 is 0 Å². The van der Waals surface area contributed by atoms with E-state index >= 15 is 0 Å². The summed E-state index contributed by atoms with van der Waals surface area (Å²) in [5.74, 6) is 1.16. The zero-order chi connectivity index (χ0) is 51.9. The maximum absolute atomic E-state index is 14.7. The highest BCUT2D eigenvalue weighted by atomic mass is 19.3. The highest BCUT2D eigenvalue weighted by Crippen LogP contribution is 2.56. The van der Waals surface area contributed by atoms with Crippen molar-refractivity contribution in [1.82, 2.24) is 30.2 Å². The van der Waals surface area contributed by atoms with Crippen molar-refractivity contribution in [3.05, 3.63) is 101 Å². The maximum Gasteiger partial charge on any atom is 0.264 e. The van der Waals surface area contributed by atoms with E-state index in [1.54, 1.807) is 47.2 Å². The number of piperidine rings is 2. The quantitative estimate of drug-likeness (QED) is 0.0928. The van der Waals surface area contributed by atoms with Crippen LogP contribution in [0.4, 0.5) is 20.2 Å². The van der Waals surface area contributed by atoms with E-state index < -0.39 is 6.43 Å². The molecule has 3 aromatic carbocycles. The number of halogens is 2. The summed E-state index contributed by atoms with van der Waals surface area (Å²) in [5.41, 5.74) is 5.31. The minimum atomic E-state index is -2.72. The molecule has 0 unspecified atom stereocenters. The molecular weight excluding hydrogens is 931 g/mol. The van der Waals surface area contributed by atoms with Gasteiger partial charge in [-0.25, -0.2) is 8.78 Å². The predicted octanol–water partition coefficient (Wildman–Crippen LogP) is 8.25. The Labute approximate surface area is 427 Å². The minimum absolute atomic E-state index is 0.0708. The molecule has 17 heteroatoms. The highest BCUT2D eigenvalue weighted by molar-refractivity contribution is 6.09. The molecule has 1 saturated carbocycles. The van der Waals surface area contributed by atoms with Gasteiger partial charge in [0.05, 0.1) is 25.4 Å². The first-order valence-corrected chi connectivity index (χ1v) is 25.6. The number of nitriles is 1. The number of alkyl halides is 2. The molecule has 0 atom stereocenters. The molecule has 4 aromatic rings. The molecule has 0 radical (unpaired) electrons. The van der Waals surface area contributed by atoms with Gasteiger partial charge in [0.2, 0.25) is 11.8 Å². The molecule has 9 rings (SSSR count). The van der Waals surface area contributed by atoms with E-state index in [0.29, 0.717) is 84.0 Å². The topological polar surface area (TPSA) is 172 Å². The highest BCUT2D eigenvalue weighted by Gasteiger charge is 2.64. The summed E-state index contributed by atoms with van der Waals surface area (Å²) < 4.78 is 42.8. The largest absolute Gasteiger partial charge is 0.495 e. The molecule has 4 aliphatic heterocycles. The van der Waals surface area contributed by atoms with Crippen LogP contribution in [0.2, 0.25) is 0 Å². The number of fused-ring (bicyclic) bond motifs is 1. The lowest BCUT2D eigenvalue weighted by molar-refractivity contribution is -0.164. The van der Waals surface area contributed by atoms with Crippen molar-refractivity contribution in [3.8, 4) is 28.7 Å². The Balaban J connectivity index is 0.778. The van der Waals surface area contributed by atoms with Crippen molar-refractivity contribution in [1.29, 1.82) is 10.7 Å². The molecule has 1 aliphatic carbocycles. The summed E-state index contributed by atoms with van der Waals surface area (Å²) in [7, 11) is 3.28. The Hall–Kier alpha value is -6.96. The fourth-order valence-corrected chi connectivity index (χ4v) is 12.4. The van der Waals surface area contributed by atoms with E-state index in [-0.39, 0.29) is 70.6 Å². The maximum atomic E-state index is 14.7. The van der Waals surface area contributed by atoms with Crippen LogP contribution < -0.4 is 29.9 Å². The number of carbonyl (C=O) groups is 3. The van der Waals surface area contributed by atoms with Gasteiger partial charge in [0, 0.05) is 140 Å². The predicted molar refractivity (Wildman–Crippen MR) is 276 cm³/mol. The number of aryl methyl sites for hydroxylation is 2. The number of carbonyl (C=O) groups excluding carboxylic acids is 3. The third-order valence-electron chi connectivity index (χ3n) is 16.2. The Morgan fingerprint density at radius 3 is 2.25 bits per heavy atom. The van der Waals surface area contributed by atoms with Crippen molar-refractivity contribution >= 4 is 34.9 Å². The molecule has 1 aromatic heterocycles. The van der Waals surface area contributed by atoms with Crippen LogP contribution in [0, 0.1) is 33.5 Å². The van der Waals surface area contributed by atoms with Crippen LogP contribution in [0.25, 0.3) is 11.1 Å². The Morgan fingerprint density at radius 1 is 0.904 bits per heavy atom. The van der Waals surface area contributed by atoms with Gasteiger partial charge in [-0.15, -0.1) is 0 Å². The minimum Gasteiger partial charge on any atom is -0.495 e. The molecule has 5 aliphatic rings. The SMILES string of the molecule is COc1cc(OC2C(C)(C)C(NC(=O)c3ccc(N4CCC(C(=O)N5CCC(NC6=C(C(=N)N7CCCc8cc(-c9cnn(C)c9)c(C(F)F)cc87)CN(C(C)=O)CC6)CC5)CC4)cc3)C2(C)C)ccc1C#N. The number of aromatic nitrogens is 2. The lowest BCUT2D eigenvalue weighted by atomic mass is 9.49. The van der Waals surface area contributed by atoms with Gasteiger partial charge in [-0.05, 0) is 98.2 Å².